The van der Waals surface area contributed by atoms with Crippen molar-refractivity contribution in [3.05, 3.63) is 54.1 Å². The molecule has 0 aromatic heterocycles. The predicted octanol–water partition coefficient (Wildman–Crippen LogP) is 3.86. The molecule has 3 rings (SSSR count). The Labute approximate surface area is 176 Å². The Morgan fingerprint density at radius 2 is 1.67 bits per heavy atom. The summed E-state index contributed by atoms with van der Waals surface area (Å²) in [6.45, 7) is 8.45. The molecule has 0 spiro atoms. The SMILES string of the molecule is C/C=C/C=C/C1=[N+](CC)c2ccc3c(S(=O)(=O)O)cc(S(=O)(=O)O)cc3c2C1(C)C. The van der Waals surface area contributed by atoms with Crippen molar-refractivity contribution in [3.63, 3.8) is 0 Å². The molecule has 2 aromatic rings. The second-order valence-corrected chi connectivity index (χ2v) is 10.4. The van der Waals surface area contributed by atoms with Crippen molar-refractivity contribution < 1.29 is 30.5 Å². The zero-order valence-electron chi connectivity index (χ0n) is 17.1. The predicted molar refractivity (Wildman–Crippen MR) is 116 cm³/mol. The van der Waals surface area contributed by atoms with Crippen molar-refractivity contribution in [2.24, 2.45) is 0 Å². The molecule has 1 aliphatic rings. The minimum Gasteiger partial charge on any atom is -0.282 e. The zero-order valence-corrected chi connectivity index (χ0v) is 18.8. The molecule has 7 nitrogen and oxygen atoms in total. The van der Waals surface area contributed by atoms with Crippen LogP contribution >= 0.6 is 0 Å². The van der Waals surface area contributed by atoms with E-state index >= 15 is 0 Å². The van der Waals surface area contributed by atoms with Crippen LogP contribution in [0.4, 0.5) is 5.69 Å². The Morgan fingerprint density at radius 3 is 2.20 bits per heavy atom. The third-order valence-corrected chi connectivity index (χ3v) is 7.07. The lowest BCUT2D eigenvalue weighted by molar-refractivity contribution is -0.433. The highest BCUT2D eigenvalue weighted by Gasteiger charge is 2.45. The topological polar surface area (TPSA) is 112 Å². The first-order valence-corrected chi connectivity index (χ1v) is 12.2. The average Bonchev–Trinajstić information content (AvgIpc) is 2.86. The Kier molecular flexibility index (Phi) is 5.53. The first-order chi connectivity index (χ1) is 13.8. The van der Waals surface area contributed by atoms with Crippen LogP contribution in [0, 0.1) is 0 Å². The van der Waals surface area contributed by atoms with Gasteiger partial charge in [0, 0.05) is 23.1 Å². The van der Waals surface area contributed by atoms with Crippen LogP contribution in [0.5, 0.6) is 0 Å². The van der Waals surface area contributed by atoms with E-state index in [9.17, 15) is 25.9 Å². The van der Waals surface area contributed by atoms with E-state index in [2.05, 4.69) is 4.58 Å². The molecule has 1 aliphatic heterocycles. The summed E-state index contributed by atoms with van der Waals surface area (Å²) < 4.78 is 69.0. The van der Waals surface area contributed by atoms with Crippen molar-refractivity contribution in [2.75, 3.05) is 6.54 Å². The lowest BCUT2D eigenvalue weighted by atomic mass is 9.79. The van der Waals surface area contributed by atoms with Gasteiger partial charge >= 0.3 is 0 Å². The molecule has 2 aromatic carbocycles. The first kappa shape index (κ1) is 22.4. The van der Waals surface area contributed by atoms with E-state index in [1.165, 1.54) is 6.07 Å². The standard InChI is InChI=1S/C21H23NO6S2/c1-5-7-8-9-19-21(3,4)20-16-12-14(29(23,24)25)13-18(30(26,27)28)15(16)10-11-17(20)22(19)6-2/h5,7-13H,6H2,1-4H3,(H-,23,24,25,26,27,28)/p+1/b7-5+,9-8+. The molecule has 0 aliphatic carbocycles. The van der Waals surface area contributed by atoms with E-state index in [1.807, 2.05) is 52.0 Å². The second-order valence-electron chi connectivity index (χ2n) is 7.57. The Hall–Kier alpha value is -2.33. The van der Waals surface area contributed by atoms with Crippen LogP contribution in [0.15, 0.2) is 58.4 Å². The van der Waals surface area contributed by atoms with Gasteiger partial charge in [-0.3, -0.25) is 9.11 Å². The van der Waals surface area contributed by atoms with Gasteiger partial charge < -0.3 is 0 Å². The lowest BCUT2D eigenvalue weighted by Crippen LogP contribution is -2.27. The molecule has 0 saturated heterocycles. The average molecular weight is 451 g/mol. The van der Waals surface area contributed by atoms with Gasteiger partial charge in [-0.1, -0.05) is 18.2 Å². The smallest absolute Gasteiger partial charge is 0.282 e. The summed E-state index contributed by atoms with van der Waals surface area (Å²) in [5, 5.41) is 0.527. The van der Waals surface area contributed by atoms with Gasteiger partial charge in [0.2, 0.25) is 5.69 Å². The Balaban J connectivity index is 2.49. The normalized spacial score (nSPS) is 16.9. The van der Waals surface area contributed by atoms with Gasteiger partial charge in [-0.05, 0) is 51.3 Å². The van der Waals surface area contributed by atoms with Gasteiger partial charge in [-0.15, -0.1) is 0 Å². The molecule has 9 heteroatoms. The number of fused-ring (bicyclic) bond motifs is 3. The Bertz CT molecular complexity index is 1350. The molecule has 2 N–H and O–H groups in total. The highest BCUT2D eigenvalue weighted by Crippen LogP contribution is 2.45. The molecule has 0 amide bonds. The maximum Gasteiger partial charge on any atom is 0.295 e. The van der Waals surface area contributed by atoms with Crippen LogP contribution in [0.2, 0.25) is 0 Å². The van der Waals surface area contributed by atoms with Crippen molar-refractivity contribution in [1.29, 1.82) is 0 Å². The first-order valence-electron chi connectivity index (χ1n) is 9.34. The third kappa shape index (κ3) is 3.62. The van der Waals surface area contributed by atoms with Gasteiger partial charge in [0.1, 0.15) is 11.4 Å². The molecule has 0 saturated carbocycles. The summed E-state index contributed by atoms with van der Waals surface area (Å²) in [7, 11) is -9.44. The number of nitrogens with zero attached hydrogens (tertiary/aromatic N) is 1. The van der Waals surface area contributed by atoms with Crippen LogP contribution in [0.25, 0.3) is 10.8 Å². The quantitative estimate of drug-likeness (QED) is 0.406. The summed E-state index contributed by atoms with van der Waals surface area (Å²) in [4.78, 5) is -1.15. The summed E-state index contributed by atoms with van der Waals surface area (Å²) >= 11 is 0. The van der Waals surface area contributed by atoms with E-state index in [0.717, 1.165) is 23.0 Å². The van der Waals surface area contributed by atoms with Crippen molar-refractivity contribution in [3.8, 4) is 0 Å². The molecule has 0 unspecified atom stereocenters. The van der Waals surface area contributed by atoms with Crippen LogP contribution in [0.1, 0.15) is 33.3 Å². The number of allylic oxidation sites excluding steroid dienone is 4. The fraction of sp³-hybridized carbons (Fsp3) is 0.286. The van der Waals surface area contributed by atoms with Crippen molar-refractivity contribution in [1.82, 2.24) is 0 Å². The highest BCUT2D eigenvalue weighted by molar-refractivity contribution is 7.86. The summed E-state index contributed by atoms with van der Waals surface area (Å²) in [6.07, 6.45) is 7.66. The molecule has 30 heavy (non-hydrogen) atoms. The number of benzene rings is 2. The van der Waals surface area contributed by atoms with Crippen LogP contribution < -0.4 is 0 Å². The fourth-order valence-electron chi connectivity index (χ4n) is 4.10. The third-order valence-electron chi connectivity index (χ3n) is 5.35. The lowest BCUT2D eigenvalue weighted by Gasteiger charge is -2.18. The number of rotatable bonds is 5. The minimum atomic E-state index is -4.74. The van der Waals surface area contributed by atoms with E-state index in [0.29, 0.717) is 11.9 Å². The molecular weight excluding hydrogens is 426 g/mol. The summed E-state index contributed by atoms with van der Waals surface area (Å²) in [5.41, 5.74) is 1.88. The molecule has 0 radical (unpaired) electrons. The van der Waals surface area contributed by atoms with Crippen LogP contribution in [-0.4, -0.2) is 42.8 Å². The maximum atomic E-state index is 12.0. The fourth-order valence-corrected chi connectivity index (χ4v) is 5.44. The molecule has 0 atom stereocenters. The molecule has 1 heterocycles. The monoisotopic (exact) mass is 450 g/mol. The Morgan fingerprint density at radius 1 is 1.00 bits per heavy atom. The molecule has 0 bridgehead atoms. The van der Waals surface area contributed by atoms with Gasteiger partial charge in [0.15, 0.2) is 5.71 Å². The second kappa shape index (κ2) is 7.42. The van der Waals surface area contributed by atoms with Crippen molar-refractivity contribution in [2.45, 2.75) is 42.9 Å². The highest BCUT2D eigenvalue weighted by atomic mass is 32.2. The van der Waals surface area contributed by atoms with Crippen LogP contribution in [0.3, 0.4) is 0 Å². The minimum absolute atomic E-state index is 0.187. The van der Waals surface area contributed by atoms with Crippen molar-refractivity contribution >= 4 is 42.4 Å². The van der Waals surface area contributed by atoms with Gasteiger partial charge in [0.05, 0.1) is 10.3 Å². The van der Waals surface area contributed by atoms with Gasteiger partial charge in [-0.2, -0.15) is 21.4 Å². The molecular formula is C21H24NO6S2+. The largest absolute Gasteiger partial charge is 0.295 e. The van der Waals surface area contributed by atoms with E-state index in [4.69, 9.17) is 0 Å². The molecule has 160 valence electrons. The van der Waals surface area contributed by atoms with Gasteiger partial charge in [-0.25, -0.2) is 0 Å². The molecule has 0 fully saturated rings. The maximum absolute atomic E-state index is 12.0. The number of hydrogen-bond donors (Lipinski definition) is 2. The van der Waals surface area contributed by atoms with Crippen LogP contribution in [-0.2, 0) is 25.7 Å². The zero-order chi connectivity index (χ0) is 22.5. The van der Waals surface area contributed by atoms with E-state index in [-0.39, 0.29) is 5.39 Å². The number of hydrogen-bond acceptors (Lipinski definition) is 4. The summed E-state index contributed by atoms with van der Waals surface area (Å²) in [6, 6.07) is 5.34. The summed E-state index contributed by atoms with van der Waals surface area (Å²) in [5.74, 6) is 0. The van der Waals surface area contributed by atoms with E-state index < -0.39 is 35.4 Å². The van der Waals surface area contributed by atoms with E-state index in [1.54, 1.807) is 12.1 Å². The van der Waals surface area contributed by atoms with Gasteiger partial charge in [0.25, 0.3) is 20.2 Å².